The van der Waals surface area contributed by atoms with Crippen LogP contribution in [0.1, 0.15) is 117 Å². The highest BCUT2D eigenvalue weighted by Crippen LogP contribution is 2.43. The molecule has 2 aliphatic rings. The third-order valence-corrected chi connectivity index (χ3v) is 14.8. The lowest BCUT2D eigenvalue weighted by Gasteiger charge is -2.33. The molecule has 2 saturated heterocycles. The summed E-state index contributed by atoms with van der Waals surface area (Å²) in [5.41, 5.74) is 10.4. The molecule has 0 bridgehead atoms. The molecule has 0 spiro atoms. The molecule has 4 atom stereocenters. The van der Waals surface area contributed by atoms with Crippen molar-refractivity contribution in [2.45, 2.75) is 131 Å². The summed E-state index contributed by atoms with van der Waals surface area (Å²) in [7, 11) is 2.40. The summed E-state index contributed by atoms with van der Waals surface area (Å²) in [6, 6.07) is 13.9. The number of rotatable bonds is 20. The lowest BCUT2D eigenvalue weighted by Crippen LogP contribution is -2.58. The molecule has 3 amide bonds. The molecule has 0 saturated carbocycles. The maximum atomic E-state index is 14.0. The Kier molecular flexibility index (Phi) is 19.7. The minimum atomic E-state index is -0.953. The van der Waals surface area contributed by atoms with Crippen molar-refractivity contribution in [2.75, 3.05) is 40.3 Å². The number of hydrazine groups is 1. The van der Waals surface area contributed by atoms with Gasteiger partial charge in [-0.15, -0.1) is 0 Å². The second kappa shape index (κ2) is 24.9. The number of hydrogen-bond acceptors (Lipinski definition) is 9. The van der Waals surface area contributed by atoms with Crippen LogP contribution in [-0.2, 0) is 54.3 Å². The SMILES string of the molecule is C/C=C(\C)S(=O)N1CCCC1.CCn1c(-c2cccnc2C(C)OC)c(CC(C)(C)CCC=O)c2cc(-c3cc(O)cc(CC(NC(=O)C(C(C)C)N(C)C=O)C(=O)N4CCCCN4)c3)ccc21. The molecular weight excluding hydrogens is 879 g/mol. The number of methoxy groups -OCH3 is 1. The van der Waals surface area contributed by atoms with Gasteiger partial charge in [-0.1, -0.05) is 45.9 Å². The largest absolute Gasteiger partial charge is 0.508 e. The number of aldehydes is 1. The summed E-state index contributed by atoms with van der Waals surface area (Å²) in [5.74, 6) is -0.855. The Balaban J connectivity index is 0.000000689. The molecule has 2 aromatic carbocycles. The standard InChI is InChI=1S/C45H60N6O6.C8H15NOS/c1-9-50-39-16-15-32(26-36(39)37(27-45(5,6)17-13-21-52)42(50)35-14-12-18-46-40(35)30(4)57-8)33-22-31(23-34(54)25-33)24-38(44(56)51-20-11-10-19-47-51)48-43(55)41(29(2)3)49(7)28-53;1-3-8(2)11(10)9-6-4-5-7-9/h12,14-16,18,21-23,25-26,28-30,38,41,47,54H,9-11,13,17,19-20,24,27H2,1-8H3,(H,48,55);3H,4-7H2,1-2H3/b;8-3+. The number of phenolic OH excluding ortho intramolecular Hbond substituents is 1. The lowest BCUT2D eigenvalue weighted by atomic mass is 9.80. The zero-order valence-corrected chi connectivity index (χ0v) is 42.8. The normalized spacial score (nSPS) is 16.5. The highest BCUT2D eigenvalue weighted by Gasteiger charge is 2.33. The first kappa shape index (κ1) is 53.7. The van der Waals surface area contributed by atoms with Crippen LogP contribution in [-0.4, -0.2) is 110 Å². The van der Waals surface area contributed by atoms with Gasteiger partial charge >= 0.3 is 0 Å². The maximum Gasteiger partial charge on any atom is 0.259 e. The van der Waals surface area contributed by atoms with Gasteiger partial charge in [-0.2, -0.15) is 0 Å². The van der Waals surface area contributed by atoms with E-state index in [4.69, 9.17) is 9.72 Å². The second-order valence-corrected chi connectivity index (χ2v) is 20.8. The van der Waals surface area contributed by atoms with Crippen molar-refractivity contribution in [1.82, 2.24) is 34.5 Å². The van der Waals surface area contributed by atoms with E-state index in [-0.39, 0.29) is 35.5 Å². The number of amides is 3. The molecule has 4 aromatic rings. The number of phenols is 1. The Morgan fingerprint density at radius 3 is 2.37 bits per heavy atom. The zero-order valence-electron chi connectivity index (χ0n) is 42.0. The van der Waals surface area contributed by atoms with Crippen LogP contribution in [0.25, 0.3) is 33.3 Å². The van der Waals surface area contributed by atoms with E-state index >= 15 is 0 Å². The van der Waals surface area contributed by atoms with E-state index in [0.717, 1.165) is 88.1 Å². The van der Waals surface area contributed by atoms with Crippen LogP contribution in [0.15, 0.2) is 65.7 Å². The van der Waals surface area contributed by atoms with Crippen molar-refractivity contribution in [2.24, 2.45) is 11.3 Å². The number of carbonyl (C=O) groups is 4. The van der Waals surface area contributed by atoms with Crippen molar-refractivity contribution in [3.05, 3.63) is 82.5 Å². The highest BCUT2D eigenvalue weighted by molar-refractivity contribution is 7.86. The number of benzene rings is 2. The predicted molar refractivity (Wildman–Crippen MR) is 272 cm³/mol. The van der Waals surface area contributed by atoms with Crippen molar-refractivity contribution >= 4 is 46.4 Å². The van der Waals surface area contributed by atoms with Gasteiger partial charge in [0.15, 0.2) is 0 Å². The predicted octanol–water partition coefficient (Wildman–Crippen LogP) is 8.29. The average Bonchev–Trinajstić information content (AvgIpc) is 3.99. The summed E-state index contributed by atoms with van der Waals surface area (Å²) in [6.45, 7) is 20.0. The Hall–Kier alpha value is -5.22. The Morgan fingerprint density at radius 2 is 1.75 bits per heavy atom. The molecule has 2 aliphatic heterocycles. The number of allylic oxidation sites excluding steroid dienone is 2. The number of nitrogens with one attached hydrogen (secondary N) is 2. The smallest absolute Gasteiger partial charge is 0.259 e. The third kappa shape index (κ3) is 13.3. The van der Waals surface area contributed by atoms with Gasteiger partial charge < -0.3 is 29.4 Å². The van der Waals surface area contributed by atoms with Crippen molar-refractivity contribution in [1.29, 1.82) is 0 Å². The summed E-state index contributed by atoms with van der Waals surface area (Å²) in [5, 5.41) is 16.7. The Labute approximate surface area is 406 Å². The van der Waals surface area contributed by atoms with E-state index in [9.17, 15) is 28.5 Å². The quantitative estimate of drug-likeness (QED) is 0.0739. The number of aromatic hydroxyl groups is 1. The first-order valence-corrected chi connectivity index (χ1v) is 25.3. The Morgan fingerprint density at radius 1 is 1.03 bits per heavy atom. The van der Waals surface area contributed by atoms with Gasteiger partial charge in [0.1, 0.15) is 35.1 Å². The van der Waals surface area contributed by atoms with Gasteiger partial charge in [-0.05, 0) is 136 Å². The van der Waals surface area contributed by atoms with Crippen LogP contribution in [0.2, 0.25) is 0 Å². The minimum absolute atomic E-state index is 0.0348. The summed E-state index contributed by atoms with van der Waals surface area (Å²) in [6.07, 6.45) is 11.3. The average molecular weight is 954 g/mol. The molecule has 4 heterocycles. The number of aryl methyl sites for hydroxylation is 1. The topological polar surface area (TPSA) is 166 Å². The van der Waals surface area contributed by atoms with Crippen LogP contribution in [0.3, 0.4) is 0 Å². The molecule has 370 valence electrons. The molecule has 3 N–H and O–H groups in total. The first-order valence-electron chi connectivity index (χ1n) is 24.2. The van der Waals surface area contributed by atoms with Gasteiger partial charge in [0.05, 0.1) is 17.5 Å². The lowest BCUT2D eigenvalue weighted by molar-refractivity contribution is -0.142. The van der Waals surface area contributed by atoms with Crippen molar-refractivity contribution in [3.8, 4) is 28.1 Å². The van der Waals surface area contributed by atoms with E-state index in [1.165, 1.54) is 17.7 Å². The molecule has 2 aromatic heterocycles. The van der Waals surface area contributed by atoms with E-state index in [0.29, 0.717) is 44.4 Å². The molecule has 14 nitrogen and oxygen atoms in total. The fourth-order valence-electron chi connectivity index (χ4n) is 9.39. The maximum absolute atomic E-state index is 14.0. The molecule has 4 unspecified atom stereocenters. The van der Waals surface area contributed by atoms with Crippen LogP contribution >= 0.6 is 0 Å². The van der Waals surface area contributed by atoms with E-state index in [1.54, 1.807) is 37.5 Å². The molecule has 0 radical (unpaired) electrons. The first-order chi connectivity index (χ1) is 32.5. The number of ether oxygens (including phenoxy) is 1. The number of nitrogens with zero attached hydrogens (tertiary/aromatic N) is 5. The van der Waals surface area contributed by atoms with Crippen molar-refractivity contribution in [3.63, 3.8) is 0 Å². The van der Waals surface area contributed by atoms with Crippen LogP contribution in [0.4, 0.5) is 0 Å². The van der Waals surface area contributed by atoms with Crippen molar-refractivity contribution < 1.29 is 33.2 Å². The third-order valence-electron chi connectivity index (χ3n) is 13.1. The van der Waals surface area contributed by atoms with Gasteiger partial charge in [0.25, 0.3) is 5.91 Å². The number of hydrogen-bond donors (Lipinski definition) is 3. The van der Waals surface area contributed by atoms with E-state index in [2.05, 4.69) is 54.3 Å². The van der Waals surface area contributed by atoms with Gasteiger partial charge in [0.2, 0.25) is 12.3 Å². The molecule has 0 aliphatic carbocycles. The number of pyridine rings is 1. The molecule has 15 heteroatoms. The summed E-state index contributed by atoms with van der Waals surface area (Å²) in [4.78, 5) is 58.0. The summed E-state index contributed by atoms with van der Waals surface area (Å²) < 4.78 is 21.7. The second-order valence-electron chi connectivity index (χ2n) is 19.2. The minimum Gasteiger partial charge on any atom is -0.508 e. The number of aromatic nitrogens is 2. The fourth-order valence-corrected chi connectivity index (χ4v) is 10.6. The van der Waals surface area contributed by atoms with E-state index < -0.39 is 29.0 Å². The molecule has 6 rings (SSSR count). The molecular formula is C53H75N7O7S. The number of fused-ring (bicyclic) bond motifs is 1. The van der Waals surface area contributed by atoms with Gasteiger partial charge in [-0.3, -0.25) is 24.4 Å². The Bertz CT molecular complexity index is 2420. The zero-order chi connectivity index (χ0) is 49.7. The molecule has 2 fully saturated rings. The van der Waals surface area contributed by atoms with Gasteiger partial charge in [0, 0.05) is 87.3 Å². The highest BCUT2D eigenvalue weighted by atomic mass is 32.2. The van der Waals surface area contributed by atoms with E-state index in [1.807, 2.05) is 63.2 Å². The number of carbonyl (C=O) groups excluding carboxylic acids is 4. The van der Waals surface area contributed by atoms with Crippen LogP contribution in [0, 0.1) is 11.3 Å². The fraction of sp³-hybridized carbons (Fsp3) is 0.528. The summed E-state index contributed by atoms with van der Waals surface area (Å²) >= 11 is 0. The molecule has 68 heavy (non-hydrogen) atoms. The van der Waals surface area contributed by atoms with Crippen LogP contribution < -0.4 is 10.7 Å². The monoisotopic (exact) mass is 954 g/mol. The number of likely N-dealkylation sites (N-methyl/N-ethyl adjacent to an activating group) is 1. The van der Waals surface area contributed by atoms with Crippen LogP contribution in [0.5, 0.6) is 5.75 Å². The van der Waals surface area contributed by atoms with Gasteiger partial charge in [-0.25, -0.2) is 13.9 Å².